The van der Waals surface area contributed by atoms with Gasteiger partial charge in [-0.2, -0.15) is 13.2 Å². The molecule has 0 aromatic rings. The average molecular weight is 392 g/mol. The maximum absolute atomic E-state index is 12.4. The molecule has 0 N–H and O–H groups in total. The first-order chi connectivity index (χ1) is 12.8. The molecule has 0 aromatic heterocycles. The molecule has 1 heterocycles. The molecule has 2 aliphatic rings. The second kappa shape index (κ2) is 10.3. The lowest BCUT2D eigenvalue weighted by Crippen LogP contribution is -2.52. The van der Waals surface area contributed by atoms with E-state index >= 15 is 0 Å². The van der Waals surface area contributed by atoms with Crippen molar-refractivity contribution in [1.82, 2.24) is 9.80 Å². The molecule has 156 valence electrons. The highest BCUT2D eigenvalue weighted by molar-refractivity contribution is 5.81. The lowest BCUT2D eigenvalue weighted by Gasteiger charge is -2.34. The zero-order valence-electron chi connectivity index (χ0n) is 16.1. The first-order valence-electron chi connectivity index (χ1n) is 10.1. The fraction of sp³-hybridized carbons (Fsp3) is 0.895. The number of rotatable bonds is 7. The first-order valence-corrected chi connectivity index (χ1v) is 10.1. The SMILES string of the molecule is CCCCC1CCC(C(=O)OCCN2CCN(C(=O)C(F)(F)F)CC2)CC1. The Kier molecular flexibility index (Phi) is 8.38. The number of unbranched alkanes of at least 4 members (excludes halogenated alkanes) is 1. The predicted octanol–water partition coefficient (Wildman–Crippen LogP) is 3.23. The zero-order valence-corrected chi connectivity index (χ0v) is 16.1. The normalized spacial score (nSPS) is 24.7. The van der Waals surface area contributed by atoms with Crippen LogP contribution in [0.4, 0.5) is 13.2 Å². The summed E-state index contributed by atoms with van der Waals surface area (Å²) < 4.78 is 42.7. The van der Waals surface area contributed by atoms with Crippen LogP contribution >= 0.6 is 0 Å². The number of piperazine rings is 1. The Bertz CT molecular complexity index is 483. The van der Waals surface area contributed by atoms with Gasteiger partial charge < -0.3 is 9.64 Å². The largest absolute Gasteiger partial charge is 0.471 e. The molecule has 2 fully saturated rings. The molecule has 1 aliphatic carbocycles. The Balaban J connectivity index is 1.59. The minimum absolute atomic E-state index is 0.0101. The van der Waals surface area contributed by atoms with Gasteiger partial charge >= 0.3 is 18.1 Å². The highest BCUT2D eigenvalue weighted by atomic mass is 19.4. The van der Waals surface area contributed by atoms with Gasteiger partial charge in [-0.25, -0.2) is 0 Å². The third-order valence-corrected chi connectivity index (χ3v) is 5.70. The van der Waals surface area contributed by atoms with E-state index in [1.807, 2.05) is 4.90 Å². The van der Waals surface area contributed by atoms with Crippen LogP contribution in [0, 0.1) is 11.8 Å². The summed E-state index contributed by atoms with van der Waals surface area (Å²) in [6, 6.07) is 0. The van der Waals surface area contributed by atoms with Crippen LogP contribution in [-0.4, -0.2) is 67.2 Å². The molecular formula is C19H31F3N2O3. The molecule has 1 saturated carbocycles. The molecule has 1 amide bonds. The summed E-state index contributed by atoms with van der Waals surface area (Å²) in [5.74, 6) is -1.19. The fourth-order valence-electron chi connectivity index (χ4n) is 3.93. The fourth-order valence-corrected chi connectivity index (χ4v) is 3.93. The molecule has 27 heavy (non-hydrogen) atoms. The summed E-state index contributed by atoms with van der Waals surface area (Å²) in [6.07, 6.45) is 2.87. The van der Waals surface area contributed by atoms with Gasteiger partial charge in [-0.05, 0) is 31.6 Å². The second-order valence-electron chi connectivity index (χ2n) is 7.66. The molecule has 5 nitrogen and oxygen atoms in total. The van der Waals surface area contributed by atoms with E-state index in [0.29, 0.717) is 19.6 Å². The summed E-state index contributed by atoms with van der Waals surface area (Å²) in [5, 5.41) is 0. The molecule has 0 atom stereocenters. The molecule has 1 aliphatic heterocycles. The Morgan fingerprint density at radius 1 is 1.04 bits per heavy atom. The number of ether oxygens (including phenoxy) is 1. The number of halogens is 3. The first kappa shape index (κ1) is 22.0. The van der Waals surface area contributed by atoms with Crippen molar-refractivity contribution in [2.75, 3.05) is 39.3 Å². The Morgan fingerprint density at radius 3 is 2.22 bits per heavy atom. The van der Waals surface area contributed by atoms with E-state index < -0.39 is 12.1 Å². The van der Waals surface area contributed by atoms with E-state index in [-0.39, 0.29) is 31.6 Å². The van der Waals surface area contributed by atoms with E-state index in [9.17, 15) is 22.8 Å². The van der Waals surface area contributed by atoms with Gasteiger partial charge in [0.15, 0.2) is 0 Å². The standard InChI is InChI=1S/C19H31F3N2O3/c1-2-3-4-15-5-7-16(8-6-15)17(25)27-14-13-23-9-11-24(12-10-23)18(26)19(20,21)22/h15-16H,2-14H2,1H3. The van der Waals surface area contributed by atoms with Gasteiger partial charge in [0, 0.05) is 32.7 Å². The molecule has 0 bridgehead atoms. The summed E-state index contributed by atoms with van der Waals surface area (Å²) in [6.45, 7) is 3.76. The summed E-state index contributed by atoms with van der Waals surface area (Å²) >= 11 is 0. The van der Waals surface area contributed by atoms with Crippen LogP contribution in [0.5, 0.6) is 0 Å². The minimum Gasteiger partial charge on any atom is -0.464 e. The lowest BCUT2D eigenvalue weighted by atomic mass is 9.80. The molecule has 0 aromatic carbocycles. The second-order valence-corrected chi connectivity index (χ2v) is 7.66. The van der Waals surface area contributed by atoms with Crippen molar-refractivity contribution in [2.45, 2.75) is 58.0 Å². The van der Waals surface area contributed by atoms with Gasteiger partial charge in [-0.15, -0.1) is 0 Å². The zero-order chi connectivity index (χ0) is 19.9. The van der Waals surface area contributed by atoms with Gasteiger partial charge in [-0.1, -0.05) is 26.2 Å². The molecule has 1 saturated heterocycles. The highest BCUT2D eigenvalue weighted by Gasteiger charge is 2.43. The third-order valence-electron chi connectivity index (χ3n) is 5.70. The van der Waals surface area contributed by atoms with Crippen molar-refractivity contribution in [1.29, 1.82) is 0 Å². The monoisotopic (exact) mass is 392 g/mol. The topological polar surface area (TPSA) is 49.9 Å². The van der Waals surface area contributed by atoms with Crippen LogP contribution in [0.25, 0.3) is 0 Å². The number of carbonyl (C=O) groups is 2. The van der Waals surface area contributed by atoms with Gasteiger partial charge in [0.2, 0.25) is 0 Å². The number of hydrogen-bond donors (Lipinski definition) is 0. The van der Waals surface area contributed by atoms with Crippen LogP contribution in [0.3, 0.4) is 0 Å². The van der Waals surface area contributed by atoms with E-state index in [1.165, 1.54) is 19.3 Å². The number of hydrogen-bond acceptors (Lipinski definition) is 4. The van der Waals surface area contributed by atoms with Gasteiger partial charge in [0.1, 0.15) is 6.61 Å². The number of nitrogens with zero attached hydrogens (tertiary/aromatic N) is 2. The van der Waals surface area contributed by atoms with Gasteiger partial charge in [-0.3, -0.25) is 14.5 Å². The van der Waals surface area contributed by atoms with Crippen LogP contribution in [0.2, 0.25) is 0 Å². The summed E-state index contributed by atoms with van der Waals surface area (Å²) in [7, 11) is 0. The molecule has 0 radical (unpaired) electrons. The molecular weight excluding hydrogens is 361 g/mol. The Morgan fingerprint density at radius 2 is 1.67 bits per heavy atom. The van der Waals surface area contributed by atoms with Crippen molar-refractivity contribution in [3.8, 4) is 0 Å². The van der Waals surface area contributed by atoms with Crippen LogP contribution in [0.15, 0.2) is 0 Å². The maximum Gasteiger partial charge on any atom is 0.471 e. The van der Waals surface area contributed by atoms with Gasteiger partial charge in [0.05, 0.1) is 5.92 Å². The number of esters is 1. The van der Waals surface area contributed by atoms with Crippen molar-refractivity contribution in [2.24, 2.45) is 11.8 Å². The van der Waals surface area contributed by atoms with Gasteiger partial charge in [0.25, 0.3) is 0 Å². The van der Waals surface area contributed by atoms with Crippen LogP contribution < -0.4 is 0 Å². The molecule has 2 rings (SSSR count). The van der Waals surface area contributed by atoms with E-state index in [1.54, 1.807) is 0 Å². The summed E-state index contributed by atoms with van der Waals surface area (Å²) in [5.41, 5.74) is 0. The van der Waals surface area contributed by atoms with Crippen molar-refractivity contribution in [3.63, 3.8) is 0 Å². The van der Waals surface area contributed by atoms with Crippen LogP contribution in [0.1, 0.15) is 51.9 Å². The number of amides is 1. The minimum atomic E-state index is -4.81. The van der Waals surface area contributed by atoms with Crippen molar-refractivity contribution < 1.29 is 27.5 Å². The number of alkyl halides is 3. The van der Waals surface area contributed by atoms with Crippen molar-refractivity contribution in [3.05, 3.63) is 0 Å². The van der Waals surface area contributed by atoms with Crippen molar-refractivity contribution >= 4 is 11.9 Å². The molecule has 0 unspecified atom stereocenters. The Labute approximate surface area is 159 Å². The molecule has 8 heteroatoms. The maximum atomic E-state index is 12.4. The molecule has 0 spiro atoms. The average Bonchev–Trinajstić information content (AvgIpc) is 2.66. The van der Waals surface area contributed by atoms with E-state index in [4.69, 9.17) is 4.74 Å². The number of carbonyl (C=O) groups excluding carboxylic acids is 2. The predicted molar refractivity (Wildman–Crippen MR) is 95.0 cm³/mol. The smallest absolute Gasteiger partial charge is 0.464 e. The van der Waals surface area contributed by atoms with Crippen LogP contribution in [-0.2, 0) is 14.3 Å². The lowest BCUT2D eigenvalue weighted by molar-refractivity contribution is -0.187. The highest BCUT2D eigenvalue weighted by Crippen LogP contribution is 2.32. The van der Waals surface area contributed by atoms with E-state index in [0.717, 1.165) is 36.5 Å². The van der Waals surface area contributed by atoms with E-state index in [2.05, 4.69) is 6.92 Å². The quantitative estimate of drug-likeness (QED) is 0.624. The Hall–Kier alpha value is -1.31. The summed E-state index contributed by atoms with van der Waals surface area (Å²) in [4.78, 5) is 26.2. The third kappa shape index (κ3) is 6.97.